The molecule has 4 rings (SSSR count). The molecule has 2 heterocycles. The predicted molar refractivity (Wildman–Crippen MR) is 118 cm³/mol. The second kappa shape index (κ2) is 8.69. The lowest BCUT2D eigenvalue weighted by molar-refractivity contribution is 0.102. The molecule has 0 saturated carbocycles. The highest BCUT2D eigenvalue weighted by Crippen LogP contribution is 2.41. The van der Waals surface area contributed by atoms with E-state index in [4.69, 9.17) is 4.74 Å². The van der Waals surface area contributed by atoms with E-state index in [1.54, 1.807) is 37.5 Å². The van der Waals surface area contributed by atoms with E-state index in [1.165, 1.54) is 7.11 Å². The summed E-state index contributed by atoms with van der Waals surface area (Å²) >= 11 is 1.09. The van der Waals surface area contributed by atoms with Gasteiger partial charge >= 0.3 is 0 Å². The van der Waals surface area contributed by atoms with Gasteiger partial charge in [0, 0.05) is 11.6 Å². The van der Waals surface area contributed by atoms with Crippen LogP contribution >= 0.6 is 11.5 Å². The molecule has 1 amide bonds. The lowest BCUT2D eigenvalue weighted by Gasteiger charge is -2.13. The molecule has 9 heteroatoms. The molecule has 0 atom stereocenters. The molecule has 2 aromatic carbocycles. The van der Waals surface area contributed by atoms with Crippen LogP contribution in [0.4, 0.5) is 16.4 Å². The van der Waals surface area contributed by atoms with Gasteiger partial charge < -0.3 is 10.1 Å². The molecule has 0 saturated heterocycles. The van der Waals surface area contributed by atoms with Crippen LogP contribution in [0, 0.1) is 18.3 Å². The molecule has 0 radical (unpaired) electrons. The quantitative estimate of drug-likeness (QED) is 0.419. The zero-order chi connectivity index (χ0) is 21.8. The fourth-order valence-electron chi connectivity index (χ4n) is 3.07. The summed E-state index contributed by atoms with van der Waals surface area (Å²) in [5.41, 5.74) is 2.24. The minimum atomic E-state index is -0.363. The van der Waals surface area contributed by atoms with Gasteiger partial charge in [0.15, 0.2) is 10.8 Å². The van der Waals surface area contributed by atoms with E-state index in [0.717, 1.165) is 22.3 Å². The first kappa shape index (κ1) is 20.1. The second-order valence-electron chi connectivity index (χ2n) is 6.48. The first-order valence-corrected chi connectivity index (χ1v) is 9.99. The highest BCUT2D eigenvalue weighted by atomic mass is 32.1. The summed E-state index contributed by atoms with van der Waals surface area (Å²) in [4.78, 5) is 17.0. The molecule has 0 unspecified atom stereocenters. The standard InChI is InChI=1S/C22H16N6O2S/c1-13-18(11-23)22(31-28-13)27-26-19-16-8-4-3-6-14(16)10-17(20(19)30-2)21(29)25-15-7-5-9-24-12-15/h3-10,12H,1-2H3,(H,25,29)/b27-26+. The van der Waals surface area contributed by atoms with Crippen LogP contribution in [0.25, 0.3) is 10.8 Å². The molecule has 4 aromatic rings. The minimum Gasteiger partial charge on any atom is -0.494 e. The lowest BCUT2D eigenvalue weighted by Crippen LogP contribution is -2.13. The molecular formula is C22H16N6O2S. The van der Waals surface area contributed by atoms with E-state index in [-0.39, 0.29) is 11.7 Å². The predicted octanol–water partition coefficient (Wildman–Crippen LogP) is 5.55. The highest BCUT2D eigenvalue weighted by molar-refractivity contribution is 7.10. The van der Waals surface area contributed by atoms with Crippen LogP contribution in [0.1, 0.15) is 21.6 Å². The Labute approximate surface area is 182 Å². The van der Waals surface area contributed by atoms with Crippen molar-refractivity contribution in [2.24, 2.45) is 10.2 Å². The molecule has 1 N–H and O–H groups in total. The van der Waals surface area contributed by atoms with E-state index < -0.39 is 0 Å². The molecule has 8 nitrogen and oxygen atoms in total. The van der Waals surface area contributed by atoms with Gasteiger partial charge in [-0.1, -0.05) is 24.3 Å². The van der Waals surface area contributed by atoms with Crippen molar-refractivity contribution in [2.75, 3.05) is 12.4 Å². The first-order valence-electron chi connectivity index (χ1n) is 9.21. The topological polar surface area (TPSA) is 113 Å². The van der Waals surface area contributed by atoms with E-state index in [9.17, 15) is 10.1 Å². The van der Waals surface area contributed by atoms with Crippen molar-refractivity contribution in [3.63, 3.8) is 0 Å². The molecule has 152 valence electrons. The Hall–Kier alpha value is -4.16. The SMILES string of the molecule is COc1c(C(=O)Nc2cccnc2)cc2ccccc2c1/N=N/c1snc(C)c1C#N. The third-order valence-corrected chi connectivity index (χ3v) is 5.36. The third kappa shape index (κ3) is 3.97. The summed E-state index contributed by atoms with van der Waals surface area (Å²) in [6, 6.07) is 14.8. The van der Waals surface area contributed by atoms with Crippen molar-refractivity contribution in [3.05, 3.63) is 71.7 Å². The smallest absolute Gasteiger partial charge is 0.259 e. The number of pyridine rings is 1. The number of hydrogen-bond donors (Lipinski definition) is 1. The van der Waals surface area contributed by atoms with E-state index >= 15 is 0 Å². The number of benzene rings is 2. The van der Waals surface area contributed by atoms with Crippen LogP contribution in [0.5, 0.6) is 5.75 Å². The molecule has 31 heavy (non-hydrogen) atoms. The first-order chi connectivity index (χ1) is 15.1. The number of carbonyl (C=O) groups excluding carboxylic acids is 1. The van der Waals surface area contributed by atoms with Gasteiger partial charge in [-0.15, -0.1) is 10.2 Å². The summed E-state index contributed by atoms with van der Waals surface area (Å²) in [6.07, 6.45) is 3.18. The summed E-state index contributed by atoms with van der Waals surface area (Å²) in [6.45, 7) is 1.74. The average molecular weight is 428 g/mol. The van der Waals surface area contributed by atoms with Crippen molar-refractivity contribution < 1.29 is 9.53 Å². The Bertz CT molecular complexity index is 1340. The number of hydrogen-bond acceptors (Lipinski definition) is 8. The molecule has 0 spiro atoms. The Morgan fingerprint density at radius 1 is 1.23 bits per heavy atom. The molecule has 2 aromatic heterocycles. The van der Waals surface area contributed by atoms with Crippen LogP contribution < -0.4 is 10.1 Å². The van der Waals surface area contributed by atoms with Crippen molar-refractivity contribution in [2.45, 2.75) is 6.92 Å². The number of aromatic nitrogens is 2. The number of methoxy groups -OCH3 is 1. The molecule has 0 bridgehead atoms. The summed E-state index contributed by atoms with van der Waals surface area (Å²) in [7, 11) is 1.47. The van der Waals surface area contributed by atoms with Crippen molar-refractivity contribution in [1.29, 1.82) is 5.26 Å². The number of ether oxygens (including phenoxy) is 1. The lowest BCUT2D eigenvalue weighted by atomic mass is 10.0. The van der Waals surface area contributed by atoms with E-state index in [2.05, 4.69) is 31.0 Å². The van der Waals surface area contributed by atoms with Crippen molar-refractivity contribution in [3.8, 4) is 11.8 Å². The fraction of sp³-hybridized carbons (Fsp3) is 0.0909. The van der Waals surface area contributed by atoms with Crippen LogP contribution in [0.2, 0.25) is 0 Å². The van der Waals surface area contributed by atoms with Gasteiger partial charge in [-0.2, -0.15) is 9.64 Å². The number of aryl methyl sites for hydroxylation is 1. The van der Waals surface area contributed by atoms with Crippen LogP contribution in [-0.4, -0.2) is 22.4 Å². The highest BCUT2D eigenvalue weighted by Gasteiger charge is 2.20. The Kier molecular flexibility index (Phi) is 5.64. The molecule has 0 aliphatic heterocycles. The zero-order valence-corrected chi connectivity index (χ0v) is 17.5. The molecule has 0 fully saturated rings. The minimum absolute atomic E-state index is 0.281. The maximum atomic E-state index is 13.0. The van der Waals surface area contributed by atoms with Crippen LogP contribution in [-0.2, 0) is 0 Å². The maximum absolute atomic E-state index is 13.0. The summed E-state index contributed by atoms with van der Waals surface area (Å²) in [5.74, 6) is -0.0815. The third-order valence-electron chi connectivity index (χ3n) is 4.54. The Balaban J connectivity index is 1.84. The van der Waals surface area contributed by atoms with Gasteiger partial charge in [-0.3, -0.25) is 9.78 Å². The van der Waals surface area contributed by atoms with E-state index in [1.807, 2.05) is 24.3 Å². The van der Waals surface area contributed by atoms with Gasteiger partial charge in [0.05, 0.1) is 30.3 Å². The second-order valence-corrected chi connectivity index (χ2v) is 7.23. The number of nitriles is 1. The zero-order valence-electron chi connectivity index (χ0n) is 16.7. The maximum Gasteiger partial charge on any atom is 0.259 e. The fourth-order valence-corrected chi connectivity index (χ4v) is 3.75. The number of azo groups is 1. The number of rotatable bonds is 5. The number of amides is 1. The van der Waals surface area contributed by atoms with Crippen LogP contribution in [0.3, 0.4) is 0 Å². The normalized spacial score (nSPS) is 10.9. The summed E-state index contributed by atoms with van der Waals surface area (Å²) < 4.78 is 9.75. The van der Waals surface area contributed by atoms with Crippen molar-refractivity contribution in [1.82, 2.24) is 9.36 Å². The largest absolute Gasteiger partial charge is 0.494 e. The Morgan fingerprint density at radius 3 is 2.81 bits per heavy atom. The summed E-state index contributed by atoms with van der Waals surface area (Å²) in [5, 5.41) is 22.7. The Morgan fingerprint density at radius 2 is 2.06 bits per heavy atom. The van der Waals surface area contributed by atoms with Gasteiger partial charge in [-0.05, 0) is 42.0 Å². The average Bonchev–Trinajstić information content (AvgIpc) is 3.16. The van der Waals surface area contributed by atoms with Gasteiger partial charge in [0.25, 0.3) is 5.91 Å². The van der Waals surface area contributed by atoms with Gasteiger partial charge in [0.2, 0.25) is 0 Å². The van der Waals surface area contributed by atoms with Gasteiger partial charge in [0.1, 0.15) is 17.3 Å². The monoisotopic (exact) mass is 428 g/mol. The van der Waals surface area contributed by atoms with E-state index in [0.29, 0.717) is 33.2 Å². The molecular weight excluding hydrogens is 412 g/mol. The number of anilines is 1. The molecule has 0 aliphatic carbocycles. The molecule has 0 aliphatic rings. The number of fused-ring (bicyclic) bond motifs is 1. The number of carbonyl (C=O) groups is 1. The number of nitrogens with one attached hydrogen (secondary N) is 1. The van der Waals surface area contributed by atoms with Crippen molar-refractivity contribution >= 4 is 44.6 Å². The van der Waals surface area contributed by atoms with Crippen LogP contribution in [0.15, 0.2) is 65.1 Å². The number of nitrogens with zero attached hydrogens (tertiary/aromatic N) is 5. The van der Waals surface area contributed by atoms with Gasteiger partial charge in [-0.25, -0.2) is 0 Å².